The molecule has 0 amide bonds. The minimum atomic E-state index is -1.18. The Balaban J connectivity index is 3.87. The highest BCUT2D eigenvalue weighted by Gasteiger charge is 2.22. The molecule has 0 fully saturated rings. The van der Waals surface area contributed by atoms with Crippen molar-refractivity contribution in [1.29, 1.82) is 0 Å². The van der Waals surface area contributed by atoms with Crippen molar-refractivity contribution in [3.8, 4) is 0 Å². The van der Waals surface area contributed by atoms with E-state index in [-0.39, 0.29) is 5.92 Å². The van der Waals surface area contributed by atoms with Crippen molar-refractivity contribution >= 4 is 5.97 Å². The molecule has 0 bridgehead atoms. The van der Waals surface area contributed by atoms with Crippen LogP contribution in [0.4, 0.5) is 0 Å². The van der Waals surface area contributed by atoms with E-state index >= 15 is 0 Å². The molecule has 0 aliphatic carbocycles. The molecule has 3 nitrogen and oxygen atoms in total. The molecule has 2 atom stereocenters. The van der Waals surface area contributed by atoms with Crippen LogP contribution in [-0.2, 0) is 4.79 Å². The molecule has 2 N–H and O–H groups in total. The predicted octanol–water partition coefficient (Wildman–Crippen LogP) is 1.65. The van der Waals surface area contributed by atoms with Crippen LogP contribution in [0.1, 0.15) is 39.5 Å². The van der Waals surface area contributed by atoms with Crippen LogP contribution >= 0.6 is 0 Å². The number of rotatable bonds is 6. The van der Waals surface area contributed by atoms with Gasteiger partial charge in [0.1, 0.15) is 0 Å². The fraction of sp³-hybridized carbons (Fsp3) is 0.889. The van der Waals surface area contributed by atoms with Gasteiger partial charge in [-0.25, -0.2) is 4.79 Å². The quantitative estimate of drug-likeness (QED) is 0.643. The third-order valence-corrected chi connectivity index (χ3v) is 2.15. The van der Waals surface area contributed by atoms with Crippen LogP contribution in [0.25, 0.3) is 0 Å². The molecule has 0 aromatic carbocycles. The highest BCUT2D eigenvalue weighted by Crippen LogP contribution is 2.16. The van der Waals surface area contributed by atoms with E-state index in [0.717, 1.165) is 25.7 Å². The Hall–Kier alpha value is -0.570. The SMILES string of the molecule is CCCC[C@H](CC)[C@H](O)C(=O)O. The normalized spacial score (nSPS) is 15.6. The molecule has 3 heteroatoms. The van der Waals surface area contributed by atoms with Crippen molar-refractivity contribution in [2.75, 3.05) is 0 Å². The Morgan fingerprint density at radius 2 is 2.00 bits per heavy atom. The number of aliphatic hydroxyl groups excluding tert-OH is 1. The maximum absolute atomic E-state index is 10.4. The number of unbranched alkanes of at least 4 members (excludes halogenated alkanes) is 1. The molecule has 0 saturated carbocycles. The number of carbonyl (C=O) groups is 1. The van der Waals surface area contributed by atoms with Gasteiger partial charge in [0, 0.05) is 0 Å². The number of hydrogen-bond donors (Lipinski definition) is 2. The average Bonchev–Trinajstić information content (AvgIpc) is 2.05. The summed E-state index contributed by atoms with van der Waals surface area (Å²) in [6, 6.07) is 0. The zero-order chi connectivity index (χ0) is 9.56. The van der Waals surface area contributed by atoms with Gasteiger partial charge in [-0.2, -0.15) is 0 Å². The first-order valence-electron chi connectivity index (χ1n) is 4.54. The molecule has 0 heterocycles. The lowest BCUT2D eigenvalue weighted by atomic mass is 9.93. The molecule has 0 aliphatic rings. The van der Waals surface area contributed by atoms with Gasteiger partial charge >= 0.3 is 5.97 Å². The Labute approximate surface area is 73.4 Å². The Morgan fingerprint density at radius 1 is 1.42 bits per heavy atom. The second kappa shape index (κ2) is 6.00. The summed E-state index contributed by atoms with van der Waals surface area (Å²) in [6.45, 7) is 3.96. The number of hydrogen-bond acceptors (Lipinski definition) is 2. The molecular formula is C9H18O3. The second-order valence-corrected chi connectivity index (χ2v) is 3.09. The van der Waals surface area contributed by atoms with E-state index < -0.39 is 12.1 Å². The minimum absolute atomic E-state index is 0.0811. The summed E-state index contributed by atoms with van der Waals surface area (Å²) in [5.41, 5.74) is 0. The van der Waals surface area contributed by atoms with Crippen LogP contribution in [0.2, 0.25) is 0 Å². The molecule has 0 saturated heterocycles. The smallest absolute Gasteiger partial charge is 0.332 e. The van der Waals surface area contributed by atoms with E-state index in [1.54, 1.807) is 0 Å². The average molecular weight is 174 g/mol. The van der Waals surface area contributed by atoms with Crippen LogP contribution in [0.3, 0.4) is 0 Å². The molecule has 0 spiro atoms. The largest absolute Gasteiger partial charge is 0.479 e. The number of carboxylic acid groups (broad SMARTS) is 1. The lowest BCUT2D eigenvalue weighted by molar-refractivity contribution is -0.149. The summed E-state index contributed by atoms with van der Waals surface area (Å²) < 4.78 is 0. The van der Waals surface area contributed by atoms with Crippen molar-refractivity contribution in [1.82, 2.24) is 0 Å². The zero-order valence-electron chi connectivity index (χ0n) is 7.79. The highest BCUT2D eigenvalue weighted by molar-refractivity contribution is 5.72. The predicted molar refractivity (Wildman–Crippen MR) is 46.9 cm³/mol. The fourth-order valence-corrected chi connectivity index (χ4v) is 1.25. The van der Waals surface area contributed by atoms with E-state index in [2.05, 4.69) is 6.92 Å². The second-order valence-electron chi connectivity index (χ2n) is 3.09. The molecule has 0 radical (unpaired) electrons. The maximum atomic E-state index is 10.4. The van der Waals surface area contributed by atoms with Crippen LogP contribution in [-0.4, -0.2) is 22.3 Å². The van der Waals surface area contributed by atoms with Gasteiger partial charge < -0.3 is 10.2 Å². The van der Waals surface area contributed by atoms with E-state index in [4.69, 9.17) is 5.11 Å². The Bertz CT molecular complexity index is 134. The van der Waals surface area contributed by atoms with Gasteiger partial charge in [0.15, 0.2) is 6.10 Å². The molecule has 0 aliphatic heterocycles. The summed E-state index contributed by atoms with van der Waals surface area (Å²) in [6.07, 6.45) is 2.39. The monoisotopic (exact) mass is 174 g/mol. The van der Waals surface area contributed by atoms with Gasteiger partial charge in [-0.1, -0.05) is 33.1 Å². The van der Waals surface area contributed by atoms with Crippen molar-refractivity contribution in [3.63, 3.8) is 0 Å². The highest BCUT2D eigenvalue weighted by atomic mass is 16.4. The summed E-state index contributed by atoms with van der Waals surface area (Å²) in [5.74, 6) is -1.18. The Kier molecular flexibility index (Phi) is 5.72. The molecule has 12 heavy (non-hydrogen) atoms. The van der Waals surface area contributed by atoms with Gasteiger partial charge in [-0.05, 0) is 12.3 Å². The van der Waals surface area contributed by atoms with Crippen molar-refractivity contribution in [2.45, 2.75) is 45.6 Å². The molecule has 0 unspecified atom stereocenters. The number of carboxylic acids is 1. The van der Waals surface area contributed by atoms with E-state index in [1.165, 1.54) is 0 Å². The first-order valence-corrected chi connectivity index (χ1v) is 4.54. The molecule has 72 valence electrons. The van der Waals surface area contributed by atoms with Crippen LogP contribution in [0, 0.1) is 5.92 Å². The van der Waals surface area contributed by atoms with Gasteiger partial charge in [0.25, 0.3) is 0 Å². The summed E-state index contributed by atoms with van der Waals surface area (Å²) in [5, 5.41) is 17.7. The first-order chi connectivity index (χ1) is 5.63. The summed E-state index contributed by atoms with van der Waals surface area (Å²) in [4.78, 5) is 10.4. The Morgan fingerprint density at radius 3 is 2.33 bits per heavy atom. The number of aliphatic carboxylic acids is 1. The van der Waals surface area contributed by atoms with Crippen LogP contribution < -0.4 is 0 Å². The number of aliphatic hydroxyl groups is 1. The van der Waals surface area contributed by atoms with Crippen molar-refractivity contribution in [3.05, 3.63) is 0 Å². The van der Waals surface area contributed by atoms with E-state index in [1.807, 2.05) is 6.92 Å². The molecule has 0 aromatic heterocycles. The molecule has 0 rings (SSSR count). The topological polar surface area (TPSA) is 57.5 Å². The first kappa shape index (κ1) is 11.4. The lowest BCUT2D eigenvalue weighted by Gasteiger charge is -2.17. The van der Waals surface area contributed by atoms with Crippen LogP contribution in [0.5, 0.6) is 0 Å². The molecular weight excluding hydrogens is 156 g/mol. The third kappa shape index (κ3) is 3.72. The fourth-order valence-electron chi connectivity index (χ4n) is 1.25. The van der Waals surface area contributed by atoms with Crippen molar-refractivity contribution in [2.24, 2.45) is 5.92 Å². The van der Waals surface area contributed by atoms with Gasteiger partial charge in [0.2, 0.25) is 0 Å². The van der Waals surface area contributed by atoms with E-state index in [9.17, 15) is 9.90 Å². The lowest BCUT2D eigenvalue weighted by Crippen LogP contribution is -2.28. The summed E-state index contributed by atoms with van der Waals surface area (Å²) in [7, 11) is 0. The van der Waals surface area contributed by atoms with Gasteiger partial charge in [0.05, 0.1) is 0 Å². The van der Waals surface area contributed by atoms with E-state index in [0.29, 0.717) is 0 Å². The third-order valence-electron chi connectivity index (χ3n) is 2.15. The maximum Gasteiger partial charge on any atom is 0.332 e. The van der Waals surface area contributed by atoms with Gasteiger partial charge in [-0.3, -0.25) is 0 Å². The van der Waals surface area contributed by atoms with Crippen LogP contribution in [0.15, 0.2) is 0 Å². The van der Waals surface area contributed by atoms with Crippen molar-refractivity contribution < 1.29 is 15.0 Å². The minimum Gasteiger partial charge on any atom is -0.479 e. The molecule has 0 aromatic rings. The summed E-state index contributed by atoms with van der Waals surface area (Å²) >= 11 is 0. The standard InChI is InChI=1S/C9H18O3/c1-3-5-6-7(4-2)8(10)9(11)12/h7-8,10H,3-6H2,1-2H3,(H,11,12)/t7-,8-/m0/s1. The van der Waals surface area contributed by atoms with Gasteiger partial charge in [-0.15, -0.1) is 0 Å². The zero-order valence-corrected chi connectivity index (χ0v) is 7.79.